The average molecular weight is 258 g/mol. The molecular weight excluding hydrogens is 246 g/mol. The van der Waals surface area contributed by atoms with E-state index in [4.69, 9.17) is 5.73 Å². The van der Waals surface area contributed by atoms with Gasteiger partial charge in [0.05, 0.1) is 0 Å². The number of halogens is 1. The van der Waals surface area contributed by atoms with Gasteiger partial charge in [-0.25, -0.2) is 0 Å². The van der Waals surface area contributed by atoms with Gasteiger partial charge >= 0.3 is 0 Å². The van der Waals surface area contributed by atoms with Gasteiger partial charge in [0.2, 0.25) is 0 Å². The maximum atomic E-state index is 5.83. The summed E-state index contributed by atoms with van der Waals surface area (Å²) >= 11 is 5.12. The molecule has 70 valence electrons. The lowest BCUT2D eigenvalue weighted by Crippen LogP contribution is -1.88. The van der Waals surface area contributed by atoms with Gasteiger partial charge in [0.15, 0.2) is 0 Å². The predicted molar refractivity (Wildman–Crippen MR) is 64.1 cm³/mol. The highest BCUT2D eigenvalue weighted by Gasteiger charge is 1.98. The van der Waals surface area contributed by atoms with Crippen molar-refractivity contribution in [2.75, 3.05) is 11.5 Å². The topological polar surface area (TPSA) is 26.0 Å². The minimum absolute atomic E-state index is 0.837. The van der Waals surface area contributed by atoms with E-state index < -0.39 is 0 Å². The second-order valence-corrected chi connectivity index (χ2v) is 4.54. The summed E-state index contributed by atoms with van der Waals surface area (Å²) in [5.41, 5.74) is 6.67. The Morgan fingerprint density at radius 3 is 2.92 bits per heavy atom. The predicted octanol–water partition coefficient (Wildman–Crippen LogP) is 3.70. The van der Waals surface area contributed by atoms with E-state index in [1.807, 2.05) is 31.2 Å². The van der Waals surface area contributed by atoms with Gasteiger partial charge in [0.1, 0.15) is 0 Å². The van der Waals surface area contributed by atoms with Crippen molar-refractivity contribution in [1.29, 1.82) is 0 Å². The number of nitrogens with two attached hydrogens (primary N) is 1. The molecule has 3 heteroatoms. The molecule has 0 heterocycles. The van der Waals surface area contributed by atoms with E-state index in [1.54, 1.807) is 11.8 Å². The van der Waals surface area contributed by atoms with Crippen LogP contribution in [0.1, 0.15) is 6.92 Å². The van der Waals surface area contributed by atoms with Crippen molar-refractivity contribution in [3.05, 3.63) is 34.8 Å². The molecule has 1 aromatic carbocycles. The monoisotopic (exact) mass is 257 g/mol. The van der Waals surface area contributed by atoms with Gasteiger partial charge in [-0.2, -0.15) is 0 Å². The molecule has 0 aromatic heterocycles. The number of thioether (sulfide) groups is 1. The highest BCUT2D eigenvalue weighted by molar-refractivity contribution is 9.10. The summed E-state index contributed by atoms with van der Waals surface area (Å²) in [7, 11) is 0. The Hall–Kier alpha value is -0.410. The van der Waals surface area contributed by atoms with E-state index in [1.165, 1.54) is 0 Å². The van der Waals surface area contributed by atoms with Gasteiger partial charge in [0, 0.05) is 20.8 Å². The highest BCUT2D eigenvalue weighted by Crippen LogP contribution is 2.27. The molecule has 0 aliphatic rings. The zero-order chi connectivity index (χ0) is 9.68. The third kappa shape index (κ3) is 3.44. The van der Waals surface area contributed by atoms with Crippen molar-refractivity contribution in [3.63, 3.8) is 0 Å². The summed E-state index contributed by atoms with van der Waals surface area (Å²) in [5.74, 6) is 0.975. The summed E-state index contributed by atoms with van der Waals surface area (Å²) < 4.78 is 1.03. The van der Waals surface area contributed by atoms with Crippen LogP contribution in [0.4, 0.5) is 5.69 Å². The smallest absolute Gasteiger partial charge is 0.0463 e. The van der Waals surface area contributed by atoms with Crippen LogP contribution in [0.15, 0.2) is 39.7 Å². The quantitative estimate of drug-likeness (QED) is 0.508. The summed E-state index contributed by atoms with van der Waals surface area (Å²) in [4.78, 5) is 1.14. The SMILES string of the molecule is C/C=C/CSc1ccc(Br)cc1N. The standard InChI is InChI=1S/C10H12BrNS/c1-2-3-6-13-10-5-4-8(11)7-9(10)12/h2-5,7H,6,12H2,1H3/b3-2+. The molecule has 0 bridgehead atoms. The summed E-state index contributed by atoms with van der Waals surface area (Å²) in [5, 5.41) is 0. The number of benzene rings is 1. The molecule has 0 spiro atoms. The number of hydrogen-bond acceptors (Lipinski definition) is 2. The fourth-order valence-electron chi connectivity index (χ4n) is 0.885. The Labute approximate surface area is 91.5 Å². The molecule has 13 heavy (non-hydrogen) atoms. The number of hydrogen-bond donors (Lipinski definition) is 1. The van der Waals surface area contributed by atoms with Gasteiger partial charge in [-0.3, -0.25) is 0 Å². The highest BCUT2D eigenvalue weighted by atomic mass is 79.9. The first-order chi connectivity index (χ1) is 6.24. The first kappa shape index (κ1) is 10.7. The van der Waals surface area contributed by atoms with E-state index in [0.717, 1.165) is 20.8 Å². The summed E-state index contributed by atoms with van der Waals surface area (Å²) in [6.45, 7) is 2.02. The Morgan fingerprint density at radius 2 is 2.31 bits per heavy atom. The lowest BCUT2D eigenvalue weighted by molar-refractivity contribution is 1.44. The number of rotatable bonds is 3. The molecule has 0 unspecified atom stereocenters. The molecule has 1 rings (SSSR count). The van der Waals surface area contributed by atoms with Crippen LogP contribution in [0.5, 0.6) is 0 Å². The first-order valence-electron chi connectivity index (χ1n) is 4.03. The van der Waals surface area contributed by atoms with Gasteiger partial charge in [-0.05, 0) is 25.1 Å². The molecule has 0 saturated carbocycles. The minimum atomic E-state index is 0.837. The molecule has 2 N–H and O–H groups in total. The van der Waals surface area contributed by atoms with Crippen molar-refractivity contribution < 1.29 is 0 Å². The van der Waals surface area contributed by atoms with Crippen molar-refractivity contribution >= 4 is 33.4 Å². The molecule has 0 amide bonds. The van der Waals surface area contributed by atoms with Crippen LogP contribution in [-0.2, 0) is 0 Å². The second-order valence-electron chi connectivity index (χ2n) is 2.56. The van der Waals surface area contributed by atoms with Gasteiger partial charge < -0.3 is 5.73 Å². The summed E-state index contributed by atoms with van der Waals surface area (Å²) in [6, 6.07) is 5.97. The maximum Gasteiger partial charge on any atom is 0.0463 e. The molecule has 0 aliphatic heterocycles. The van der Waals surface area contributed by atoms with E-state index in [0.29, 0.717) is 0 Å². The van der Waals surface area contributed by atoms with Crippen LogP contribution in [0.3, 0.4) is 0 Å². The van der Waals surface area contributed by atoms with Crippen molar-refractivity contribution in [1.82, 2.24) is 0 Å². The fraction of sp³-hybridized carbons (Fsp3) is 0.200. The van der Waals surface area contributed by atoms with Crippen LogP contribution in [0.2, 0.25) is 0 Å². The van der Waals surface area contributed by atoms with E-state index >= 15 is 0 Å². The molecule has 1 aromatic rings. The van der Waals surface area contributed by atoms with Crippen LogP contribution >= 0.6 is 27.7 Å². The molecule has 0 atom stereocenters. The molecular formula is C10H12BrNS. The second kappa shape index (κ2) is 5.35. The normalized spacial score (nSPS) is 10.9. The van der Waals surface area contributed by atoms with Crippen molar-refractivity contribution in [2.45, 2.75) is 11.8 Å². The van der Waals surface area contributed by atoms with Gasteiger partial charge in [-0.15, -0.1) is 11.8 Å². The van der Waals surface area contributed by atoms with Crippen molar-refractivity contribution in [3.8, 4) is 0 Å². The third-order valence-electron chi connectivity index (χ3n) is 1.54. The Balaban J connectivity index is 2.66. The lowest BCUT2D eigenvalue weighted by Gasteiger charge is -2.03. The zero-order valence-corrected chi connectivity index (χ0v) is 9.86. The number of anilines is 1. The van der Waals surface area contributed by atoms with E-state index in [9.17, 15) is 0 Å². The molecule has 0 aliphatic carbocycles. The van der Waals surface area contributed by atoms with E-state index in [2.05, 4.69) is 22.0 Å². The Bertz CT molecular complexity index is 310. The maximum absolute atomic E-state index is 5.83. The van der Waals surface area contributed by atoms with Crippen LogP contribution in [0, 0.1) is 0 Å². The number of allylic oxidation sites excluding steroid dienone is 1. The van der Waals surface area contributed by atoms with Crippen LogP contribution < -0.4 is 5.73 Å². The van der Waals surface area contributed by atoms with Crippen LogP contribution in [0.25, 0.3) is 0 Å². The molecule has 0 fully saturated rings. The van der Waals surface area contributed by atoms with Gasteiger partial charge in [0.25, 0.3) is 0 Å². The Morgan fingerprint density at radius 1 is 1.54 bits per heavy atom. The lowest BCUT2D eigenvalue weighted by atomic mass is 10.3. The molecule has 0 saturated heterocycles. The van der Waals surface area contributed by atoms with Crippen LogP contribution in [-0.4, -0.2) is 5.75 Å². The van der Waals surface area contributed by atoms with Crippen molar-refractivity contribution in [2.24, 2.45) is 0 Å². The fourth-order valence-corrected chi connectivity index (χ4v) is 2.12. The van der Waals surface area contributed by atoms with Gasteiger partial charge in [-0.1, -0.05) is 28.1 Å². The third-order valence-corrected chi connectivity index (χ3v) is 3.08. The molecule has 0 radical (unpaired) electrons. The average Bonchev–Trinajstić information content (AvgIpc) is 2.09. The summed E-state index contributed by atoms with van der Waals surface area (Å²) in [6.07, 6.45) is 4.16. The molecule has 1 nitrogen and oxygen atoms in total. The first-order valence-corrected chi connectivity index (χ1v) is 5.81. The largest absolute Gasteiger partial charge is 0.398 e. The number of nitrogen functional groups attached to an aromatic ring is 1. The minimum Gasteiger partial charge on any atom is -0.398 e. The zero-order valence-electron chi connectivity index (χ0n) is 7.46. The van der Waals surface area contributed by atoms with E-state index in [-0.39, 0.29) is 0 Å². The Kier molecular flexibility index (Phi) is 4.39.